The van der Waals surface area contributed by atoms with Crippen molar-refractivity contribution in [2.45, 2.75) is 31.2 Å². The number of anilines is 1. The molecule has 0 aromatic heterocycles. The molecule has 0 fully saturated rings. The zero-order valence-corrected chi connectivity index (χ0v) is 17.7. The van der Waals surface area contributed by atoms with Crippen molar-refractivity contribution in [2.75, 3.05) is 11.3 Å². The van der Waals surface area contributed by atoms with E-state index in [0.717, 1.165) is 0 Å². The highest BCUT2D eigenvalue weighted by atomic mass is 32.2. The average Bonchev–Trinajstić information content (AvgIpc) is 2.72. The van der Waals surface area contributed by atoms with E-state index in [9.17, 15) is 23.3 Å². The molecule has 0 spiro atoms. The van der Waals surface area contributed by atoms with Gasteiger partial charge in [-0.05, 0) is 49.2 Å². The standard InChI is InChI=1S/C21H23N3O5S/c1-15(2)21(3,14-22)23-19(25)13-29-20(26)16-9-11-18(12-10-16)30(27,28)24-17-7-5-4-6-8-17/h4-12,15,24H,13H2,1-3H3,(H,23,25)/t21-/m0/s1. The molecule has 0 saturated carbocycles. The zero-order valence-electron chi connectivity index (χ0n) is 16.9. The number of nitrogens with one attached hydrogen (secondary N) is 2. The predicted molar refractivity (Wildman–Crippen MR) is 111 cm³/mol. The van der Waals surface area contributed by atoms with Crippen LogP contribution in [0.3, 0.4) is 0 Å². The Morgan fingerprint density at radius 1 is 1.10 bits per heavy atom. The number of carbonyl (C=O) groups is 2. The minimum Gasteiger partial charge on any atom is -0.452 e. The molecule has 2 N–H and O–H groups in total. The molecule has 0 aliphatic rings. The Morgan fingerprint density at radius 2 is 1.70 bits per heavy atom. The van der Waals surface area contributed by atoms with Crippen LogP contribution in [-0.4, -0.2) is 32.4 Å². The molecule has 0 saturated heterocycles. The van der Waals surface area contributed by atoms with E-state index in [2.05, 4.69) is 10.0 Å². The summed E-state index contributed by atoms with van der Waals surface area (Å²) in [6, 6.07) is 15.6. The first kappa shape index (κ1) is 22.9. The zero-order chi connectivity index (χ0) is 22.4. The minimum absolute atomic E-state index is 0.0256. The normalized spacial score (nSPS) is 13.0. The summed E-state index contributed by atoms with van der Waals surface area (Å²) < 4.78 is 32.2. The topological polar surface area (TPSA) is 125 Å². The van der Waals surface area contributed by atoms with Crippen molar-refractivity contribution < 1.29 is 22.7 Å². The van der Waals surface area contributed by atoms with Crippen molar-refractivity contribution in [1.82, 2.24) is 5.32 Å². The molecule has 9 heteroatoms. The van der Waals surface area contributed by atoms with Crippen molar-refractivity contribution in [2.24, 2.45) is 5.92 Å². The third-order valence-corrected chi connectivity index (χ3v) is 5.94. The molecule has 0 aliphatic heterocycles. The molecular weight excluding hydrogens is 406 g/mol. The lowest BCUT2D eigenvalue weighted by molar-refractivity contribution is -0.125. The van der Waals surface area contributed by atoms with E-state index < -0.39 is 34.0 Å². The molecule has 1 amide bonds. The van der Waals surface area contributed by atoms with E-state index in [4.69, 9.17) is 4.74 Å². The van der Waals surface area contributed by atoms with Gasteiger partial charge in [-0.15, -0.1) is 0 Å². The lowest BCUT2D eigenvalue weighted by atomic mass is 9.90. The summed E-state index contributed by atoms with van der Waals surface area (Å²) in [5, 5.41) is 11.8. The van der Waals surface area contributed by atoms with Gasteiger partial charge in [-0.3, -0.25) is 9.52 Å². The van der Waals surface area contributed by atoms with Crippen molar-refractivity contribution in [3.63, 3.8) is 0 Å². The second kappa shape index (κ2) is 9.41. The Kier molecular flexibility index (Phi) is 7.19. The van der Waals surface area contributed by atoms with E-state index in [1.54, 1.807) is 51.1 Å². The maximum absolute atomic E-state index is 12.4. The van der Waals surface area contributed by atoms with Crippen LogP contribution < -0.4 is 10.0 Å². The fraction of sp³-hybridized carbons (Fsp3) is 0.286. The molecule has 8 nitrogen and oxygen atoms in total. The van der Waals surface area contributed by atoms with Gasteiger partial charge in [0, 0.05) is 5.69 Å². The summed E-state index contributed by atoms with van der Waals surface area (Å²) in [4.78, 5) is 24.1. The molecule has 2 rings (SSSR count). The number of hydrogen-bond donors (Lipinski definition) is 2. The van der Waals surface area contributed by atoms with Gasteiger partial charge in [0.1, 0.15) is 5.54 Å². The molecule has 0 unspecified atom stereocenters. The number of amides is 1. The third kappa shape index (κ3) is 5.81. The smallest absolute Gasteiger partial charge is 0.338 e. The van der Waals surface area contributed by atoms with Gasteiger partial charge in [-0.1, -0.05) is 32.0 Å². The third-order valence-electron chi connectivity index (χ3n) is 4.55. The highest BCUT2D eigenvalue weighted by Crippen LogP contribution is 2.17. The molecule has 0 radical (unpaired) electrons. The van der Waals surface area contributed by atoms with Crippen LogP contribution in [0.25, 0.3) is 0 Å². The van der Waals surface area contributed by atoms with Gasteiger partial charge in [0.15, 0.2) is 6.61 Å². The van der Waals surface area contributed by atoms with Crippen LogP contribution in [0.15, 0.2) is 59.5 Å². The van der Waals surface area contributed by atoms with Crippen molar-refractivity contribution in [3.8, 4) is 6.07 Å². The lowest BCUT2D eigenvalue weighted by Crippen LogP contribution is -2.50. The molecule has 0 heterocycles. The van der Waals surface area contributed by atoms with E-state index in [0.29, 0.717) is 5.69 Å². The SMILES string of the molecule is CC(C)[C@](C)(C#N)NC(=O)COC(=O)c1ccc(S(=O)(=O)Nc2ccccc2)cc1. The summed E-state index contributed by atoms with van der Waals surface area (Å²) in [5.74, 6) is -1.53. The van der Waals surface area contributed by atoms with Gasteiger partial charge in [-0.2, -0.15) is 5.26 Å². The monoisotopic (exact) mass is 429 g/mol. The highest BCUT2D eigenvalue weighted by molar-refractivity contribution is 7.92. The highest BCUT2D eigenvalue weighted by Gasteiger charge is 2.30. The average molecular weight is 429 g/mol. The number of rotatable bonds is 8. The first-order valence-electron chi connectivity index (χ1n) is 9.15. The van der Waals surface area contributed by atoms with Crippen LogP contribution in [0, 0.1) is 17.2 Å². The first-order chi connectivity index (χ1) is 14.1. The Labute approximate surface area is 175 Å². The molecule has 2 aromatic carbocycles. The predicted octanol–water partition coefficient (Wildman–Crippen LogP) is 2.70. The van der Waals surface area contributed by atoms with Crippen molar-refractivity contribution in [3.05, 3.63) is 60.2 Å². The molecule has 158 valence electrons. The van der Waals surface area contributed by atoms with Crippen molar-refractivity contribution >= 4 is 27.6 Å². The maximum Gasteiger partial charge on any atom is 0.338 e. The Morgan fingerprint density at radius 3 is 2.23 bits per heavy atom. The lowest BCUT2D eigenvalue weighted by Gasteiger charge is -2.27. The molecule has 1 atom stereocenters. The Bertz CT molecular complexity index is 1040. The summed E-state index contributed by atoms with van der Waals surface area (Å²) in [5.41, 5.74) is -0.572. The van der Waals surface area contributed by atoms with Crippen LogP contribution in [0.1, 0.15) is 31.1 Å². The van der Waals surface area contributed by atoms with Crippen molar-refractivity contribution in [1.29, 1.82) is 5.26 Å². The van der Waals surface area contributed by atoms with E-state index in [-0.39, 0.29) is 16.4 Å². The number of esters is 1. The van der Waals surface area contributed by atoms with E-state index in [1.165, 1.54) is 24.3 Å². The van der Waals surface area contributed by atoms with Crippen LogP contribution in [0.5, 0.6) is 0 Å². The number of sulfonamides is 1. The number of carbonyl (C=O) groups excluding carboxylic acids is 2. The van der Waals surface area contributed by atoms with Gasteiger partial charge < -0.3 is 10.1 Å². The molecule has 0 bridgehead atoms. The van der Waals surface area contributed by atoms with Gasteiger partial charge in [0.2, 0.25) is 0 Å². The second-order valence-corrected chi connectivity index (χ2v) is 8.77. The largest absolute Gasteiger partial charge is 0.452 e. The molecule has 2 aromatic rings. The van der Waals surface area contributed by atoms with Crippen LogP contribution in [-0.2, 0) is 19.6 Å². The van der Waals surface area contributed by atoms with Gasteiger partial charge in [0.05, 0.1) is 16.5 Å². The Balaban J connectivity index is 1.98. The molecule has 0 aliphatic carbocycles. The summed E-state index contributed by atoms with van der Waals surface area (Å²) in [6.45, 7) is 4.61. The fourth-order valence-electron chi connectivity index (χ4n) is 2.33. The number of para-hydroxylation sites is 1. The fourth-order valence-corrected chi connectivity index (χ4v) is 3.39. The summed E-state index contributed by atoms with van der Waals surface area (Å²) >= 11 is 0. The van der Waals surface area contributed by atoms with E-state index in [1.807, 2.05) is 6.07 Å². The summed E-state index contributed by atoms with van der Waals surface area (Å²) in [7, 11) is -3.81. The van der Waals surface area contributed by atoms with E-state index >= 15 is 0 Å². The second-order valence-electron chi connectivity index (χ2n) is 7.09. The Hall–Kier alpha value is -3.38. The number of benzene rings is 2. The number of nitrogens with zero attached hydrogens (tertiary/aromatic N) is 1. The number of hydrogen-bond acceptors (Lipinski definition) is 6. The van der Waals surface area contributed by atoms with Crippen LogP contribution in [0.2, 0.25) is 0 Å². The number of ether oxygens (including phenoxy) is 1. The van der Waals surface area contributed by atoms with Crippen LogP contribution in [0.4, 0.5) is 5.69 Å². The molecule has 30 heavy (non-hydrogen) atoms. The van der Waals surface area contributed by atoms with Gasteiger partial charge >= 0.3 is 5.97 Å². The number of nitriles is 1. The first-order valence-corrected chi connectivity index (χ1v) is 10.6. The quantitative estimate of drug-likeness (QED) is 0.622. The maximum atomic E-state index is 12.4. The minimum atomic E-state index is -3.81. The summed E-state index contributed by atoms with van der Waals surface area (Å²) in [6.07, 6.45) is 0. The van der Waals surface area contributed by atoms with Crippen LogP contribution >= 0.6 is 0 Å². The van der Waals surface area contributed by atoms with Gasteiger partial charge in [-0.25, -0.2) is 13.2 Å². The van der Waals surface area contributed by atoms with Gasteiger partial charge in [0.25, 0.3) is 15.9 Å². The molecular formula is C21H23N3O5S.